The van der Waals surface area contributed by atoms with Crippen molar-refractivity contribution in [2.45, 2.75) is 26.4 Å². The van der Waals surface area contributed by atoms with Gasteiger partial charge in [-0.2, -0.15) is 5.10 Å². The highest BCUT2D eigenvalue weighted by molar-refractivity contribution is 9.10. The maximum atomic E-state index is 14.4. The minimum absolute atomic E-state index is 0.118. The zero-order valence-corrected chi connectivity index (χ0v) is 21.1. The summed E-state index contributed by atoms with van der Waals surface area (Å²) in [6, 6.07) is 19.9. The molecule has 3 aromatic carbocycles. The molecule has 0 unspecified atom stereocenters. The monoisotopic (exact) mass is 536 g/mol. The van der Waals surface area contributed by atoms with Crippen LogP contribution in [0.4, 0.5) is 14.9 Å². The van der Waals surface area contributed by atoms with Gasteiger partial charge in [-0.15, -0.1) is 0 Å². The maximum absolute atomic E-state index is 14.4. The van der Waals surface area contributed by atoms with Crippen LogP contribution in [0.15, 0.2) is 77.4 Å². The number of urea groups is 1. The number of amides is 2. The molecule has 0 spiro atoms. The van der Waals surface area contributed by atoms with Gasteiger partial charge in [-0.1, -0.05) is 47.1 Å². The molecule has 0 aliphatic carbocycles. The van der Waals surface area contributed by atoms with Gasteiger partial charge in [-0.25, -0.2) is 9.18 Å². The number of hydrogen-bond acceptors (Lipinski definition) is 3. The van der Waals surface area contributed by atoms with Gasteiger partial charge in [0.1, 0.15) is 11.6 Å². The molecule has 180 valence electrons. The molecule has 4 rings (SSSR count). The summed E-state index contributed by atoms with van der Waals surface area (Å²) < 4.78 is 20.3. The summed E-state index contributed by atoms with van der Waals surface area (Å²) in [7, 11) is 1.62. The summed E-state index contributed by atoms with van der Waals surface area (Å²) in [5.41, 5.74) is 4.88. The summed E-state index contributed by atoms with van der Waals surface area (Å²) in [6.45, 7) is 2.72. The van der Waals surface area contributed by atoms with E-state index in [1.54, 1.807) is 24.3 Å². The van der Waals surface area contributed by atoms with Crippen LogP contribution in [0.25, 0.3) is 11.3 Å². The molecule has 2 amide bonds. The summed E-state index contributed by atoms with van der Waals surface area (Å²) in [5, 5.41) is 9.96. The smallest absolute Gasteiger partial charge is 0.322 e. The Bertz CT molecular complexity index is 1290. The van der Waals surface area contributed by atoms with Gasteiger partial charge in [0, 0.05) is 22.1 Å². The van der Waals surface area contributed by atoms with Crippen LogP contribution in [0.2, 0.25) is 0 Å². The predicted molar refractivity (Wildman–Crippen MR) is 139 cm³/mol. The molecular weight excluding hydrogens is 511 g/mol. The maximum Gasteiger partial charge on any atom is 0.322 e. The number of carbonyl (C=O) groups is 1. The fourth-order valence-corrected chi connectivity index (χ4v) is 4.06. The average Bonchev–Trinajstić information content (AvgIpc) is 3.34. The number of carbonyl (C=O) groups excluding carboxylic acids is 1. The van der Waals surface area contributed by atoms with Crippen molar-refractivity contribution in [1.29, 1.82) is 0 Å². The third-order valence-electron chi connectivity index (χ3n) is 5.72. The lowest BCUT2D eigenvalue weighted by Crippen LogP contribution is -2.34. The Labute approximate surface area is 212 Å². The van der Waals surface area contributed by atoms with Crippen LogP contribution in [-0.4, -0.2) is 28.2 Å². The standard InChI is InChI=1S/C27H26BrFN4O2/c1-3-18-4-6-19(7-5-18)16-33(27(34)31-25-13-10-22(28)14-24(25)29)17-21-15-30-32-26(21)20-8-11-23(35-2)12-9-20/h4-15H,3,16-17H2,1-2H3,(H,30,32)(H,31,34). The second kappa shape index (κ2) is 11.2. The van der Waals surface area contributed by atoms with Crippen LogP contribution in [0, 0.1) is 5.82 Å². The van der Waals surface area contributed by atoms with Crippen molar-refractivity contribution in [3.05, 3.63) is 99.9 Å². The Morgan fingerprint density at radius 3 is 2.43 bits per heavy atom. The number of rotatable bonds is 8. The van der Waals surface area contributed by atoms with Crippen molar-refractivity contribution in [3.8, 4) is 17.0 Å². The number of benzene rings is 3. The van der Waals surface area contributed by atoms with Gasteiger partial charge in [-0.05, 0) is 60.0 Å². The SMILES string of the molecule is CCc1ccc(CN(Cc2cn[nH]c2-c2ccc(OC)cc2)C(=O)Nc2ccc(Br)cc2F)cc1. The summed E-state index contributed by atoms with van der Waals surface area (Å²) in [5.74, 6) is 0.241. The van der Waals surface area contributed by atoms with Crippen molar-refractivity contribution in [1.82, 2.24) is 15.1 Å². The van der Waals surface area contributed by atoms with Crippen LogP contribution in [0.5, 0.6) is 5.75 Å². The highest BCUT2D eigenvalue weighted by atomic mass is 79.9. The number of methoxy groups -OCH3 is 1. The van der Waals surface area contributed by atoms with Crippen LogP contribution >= 0.6 is 15.9 Å². The van der Waals surface area contributed by atoms with E-state index >= 15 is 0 Å². The normalized spacial score (nSPS) is 10.7. The molecule has 4 aromatic rings. The number of aryl methyl sites for hydroxylation is 1. The molecule has 0 aliphatic heterocycles. The lowest BCUT2D eigenvalue weighted by atomic mass is 10.1. The Morgan fingerprint density at radius 1 is 1.06 bits per heavy atom. The molecule has 6 nitrogen and oxygen atoms in total. The van der Waals surface area contributed by atoms with E-state index in [-0.39, 0.29) is 12.2 Å². The van der Waals surface area contributed by atoms with Crippen molar-refractivity contribution >= 4 is 27.6 Å². The van der Waals surface area contributed by atoms with E-state index in [0.717, 1.165) is 34.6 Å². The average molecular weight is 537 g/mol. The quantitative estimate of drug-likeness (QED) is 0.260. The highest BCUT2D eigenvalue weighted by Crippen LogP contribution is 2.26. The van der Waals surface area contributed by atoms with Gasteiger partial charge < -0.3 is 15.0 Å². The van der Waals surface area contributed by atoms with Crippen LogP contribution in [-0.2, 0) is 19.5 Å². The third kappa shape index (κ3) is 6.08. The van der Waals surface area contributed by atoms with Gasteiger partial charge in [0.05, 0.1) is 31.2 Å². The Morgan fingerprint density at radius 2 is 1.77 bits per heavy atom. The first-order valence-corrected chi connectivity index (χ1v) is 12.0. The lowest BCUT2D eigenvalue weighted by Gasteiger charge is -2.24. The van der Waals surface area contributed by atoms with E-state index in [9.17, 15) is 9.18 Å². The summed E-state index contributed by atoms with van der Waals surface area (Å²) in [4.78, 5) is 15.0. The fourth-order valence-electron chi connectivity index (χ4n) is 3.73. The molecular formula is C27H26BrFN4O2. The molecule has 0 bridgehead atoms. The zero-order chi connectivity index (χ0) is 24.8. The van der Waals surface area contributed by atoms with E-state index in [1.807, 2.05) is 36.4 Å². The zero-order valence-electron chi connectivity index (χ0n) is 19.5. The van der Waals surface area contributed by atoms with Gasteiger partial charge in [0.25, 0.3) is 0 Å². The topological polar surface area (TPSA) is 70.2 Å². The number of ether oxygens (including phenoxy) is 1. The van der Waals surface area contributed by atoms with Gasteiger partial charge in [0.15, 0.2) is 0 Å². The highest BCUT2D eigenvalue weighted by Gasteiger charge is 2.19. The first kappa shape index (κ1) is 24.5. The Balaban J connectivity index is 1.61. The number of halogens is 2. The largest absolute Gasteiger partial charge is 0.497 e. The molecule has 2 N–H and O–H groups in total. The number of hydrogen-bond donors (Lipinski definition) is 2. The van der Waals surface area contributed by atoms with E-state index in [0.29, 0.717) is 11.0 Å². The van der Waals surface area contributed by atoms with Gasteiger partial charge in [0.2, 0.25) is 0 Å². The van der Waals surface area contributed by atoms with Crippen LogP contribution < -0.4 is 10.1 Å². The number of nitrogens with zero attached hydrogens (tertiary/aromatic N) is 2. The molecule has 0 fully saturated rings. The lowest BCUT2D eigenvalue weighted by molar-refractivity contribution is 0.206. The van der Waals surface area contributed by atoms with Crippen LogP contribution in [0.3, 0.4) is 0 Å². The summed E-state index contributed by atoms with van der Waals surface area (Å²) >= 11 is 3.24. The molecule has 0 saturated carbocycles. The molecule has 0 radical (unpaired) electrons. The van der Waals surface area contributed by atoms with Gasteiger partial charge in [-0.3, -0.25) is 5.10 Å². The van der Waals surface area contributed by atoms with E-state index in [4.69, 9.17) is 4.74 Å². The van der Waals surface area contributed by atoms with E-state index in [2.05, 4.69) is 50.5 Å². The minimum Gasteiger partial charge on any atom is -0.497 e. The Kier molecular flexibility index (Phi) is 7.82. The second-order valence-electron chi connectivity index (χ2n) is 8.08. The number of H-pyrrole nitrogens is 1. The number of aromatic amines is 1. The van der Waals surface area contributed by atoms with Crippen molar-refractivity contribution in [2.24, 2.45) is 0 Å². The summed E-state index contributed by atoms with van der Waals surface area (Å²) in [6.07, 6.45) is 2.65. The van der Waals surface area contributed by atoms with Crippen molar-refractivity contribution in [3.63, 3.8) is 0 Å². The van der Waals surface area contributed by atoms with Crippen molar-refractivity contribution in [2.75, 3.05) is 12.4 Å². The molecule has 0 atom stereocenters. The fraction of sp³-hybridized carbons (Fsp3) is 0.185. The van der Waals surface area contributed by atoms with Crippen molar-refractivity contribution < 1.29 is 13.9 Å². The van der Waals surface area contributed by atoms with E-state index in [1.165, 1.54) is 17.7 Å². The molecule has 0 aliphatic rings. The predicted octanol–water partition coefficient (Wildman–Crippen LogP) is 6.78. The Hall–Kier alpha value is -3.65. The number of nitrogens with one attached hydrogen (secondary N) is 2. The first-order valence-electron chi connectivity index (χ1n) is 11.2. The van der Waals surface area contributed by atoms with Gasteiger partial charge >= 0.3 is 6.03 Å². The molecule has 35 heavy (non-hydrogen) atoms. The van der Waals surface area contributed by atoms with E-state index < -0.39 is 11.8 Å². The number of anilines is 1. The first-order chi connectivity index (χ1) is 17.0. The molecule has 0 saturated heterocycles. The van der Waals surface area contributed by atoms with Crippen LogP contribution in [0.1, 0.15) is 23.6 Å². The molecule has 1 aromatic heterocycles. The second-order valence-corrected chi connectivity index (χ2v) is 8.99. The molecule has 8 heteroatoms. The minimum atomic E-state index is -0.512. The molecule has 1 heterocycles. The number of aromatic nitrogens is 2. The third-order valence-corrected chi connectivity index (χ3v) is 6.22.